The van der Waals surface area contributed by atoms with E-state index in [0.717, 1.165) is 34.6 Å². The van der Waals surface area contributed by atoms with Gasteiger partial charge in [0.2, 0.25) is 5.91 Å². The molecule has 1 amide bonds. The molecule has 1 aliphatic rings. The second-order valence-corrected chi connectivity index (χ2v) is 6.63. The van der Waals surface area contributed by atoms with Crippen molar-refractivity contribution in [1.29, 1.82) is 0 Å². The van der Waals surface area contributed by atoms with Crippen LogP contribution in [0.3, 0.4) is 0 Å². The van der Waals surface area contributed by atoms with Crippen LogP contribution in [0.4, 0.5) is 0 Å². The highest BCUT2D eigenvalue weighted by Crippen LogP contribution is 2.45. The molecule has 0 aromatic rings. The van der Waals surface area contributed by atoms with E-state index in [2.05, 4.69) is 0 Å². The zero-order valence-corrected chi connectivity index (χ0v) is 15.5. The smallest absolute Gasteiger partial charge is 0.251 e. The molecule has 1 saturated heterocycles. The summed E-state index contributed by atoms with van der Waals surface area (Å²) < 4.78 is 5.03. The van der Waals surface area contributed by atoms with Crippen molar-refractivity contribution in [3.05, 3.63) is 0 Å². The van der Waals surface area contributed by atoms with E-state index < -0.39 is 64.3 Å². The zero-order valence-electron chi connectivity index (χ0n) is 15.5. The van der Waals surface area contributed by atoms with Crippen molar-refractivity contribution >= 4 is 29.0 Å². The molecule has 0 bridgehead atoms. The SMILES string of the molecule is CC(=O)N[C@H]1[C@](O)(C(C)=O)O[C@H](C(O)C(C)=O)[C@](O)(C(C)=O)[C@@]1(O)C(C)=O. The minimum absolute atomic E-state index is 0.728. The lowest BCUT2D eigenvalue weighted by molar-refractivity contribution is -0.344. The Kier molecular flexibility index (Phi) is 6.10. The summed E-state index contributed by atoms with van der Waals surface area (Å²) in [4.78, 5) is 59.8. The van der Waals surface area contributed by atoms with Crippen LogP contribution in [-0.4, -0.2) is 84.7 Å². The van der Waals surface area contributed by atoms with Crippen molar-refractivity contribution in [1.82, 2.24) is 5.32 Å². The molecule has 0 saturated carbocycles. The van der Waals surface area contributed by atoms with Crippen molar-refractivity contribution in [3.63, 3.8) is 0 Å². The molecule has 0 aromatic heterocycles. The first kappa shape index (κ1) is 23.0. The maximum atomic E-state index is 12.3. The summed E-state index contributed by atoms with van der Waals surface area (Å²) in [5.74, 6) is -9.01. The average Bonchev–Trinajstić information content (AvgIpc) is 2.53. The first-order valence-electron chi connectivity index (χ1n) is 7.92. The van der Waals surface area contributed by atoms with Gasteiger partial charge in [-0.15, -0.1) is 0 Å². The second-order valence-electron chi connectivity index (χ2n) is 6.63. The summed E-state index contributed by atoms with van der Waals surface area (Å²) in [5.41, 5.74) is -6.59. The zero-order chi connectivity index (χ0) is 21.5. The van der Waals surface area contributed by atoms with Crippen molar-refractivity contribution in [2.24, 2.45) is 0 Å². The molecule has 1 unspecified atom stereocenters. The summed E-state index contributed by atoms with van der Waals surface area (Å²) in [7, 11) is 0. The molecule has 1 rings (SSSR count). The fraction of sp³-hybridized carbons (Fsp3) is 0.688. The molecule has 5 N–H and O–H groups in total. The highest BCUT2D eigenvalue weighted by atomic mass is 16.7. The topological polar surface area (TPSA) is 188 Å². The molecule has 1 fully saturated rings. The highest BCUT2D eigenvalue weighted by Gasteiger charge is 2.76. The molecule has 1 aliphatic heterocycles. The first-order chi connectivity index (χ1) is 12.1. The maximum Gasteiger partial charge on any atom is 0.251 e. The minimum atomic E-state index is -3.32. The molecule has 152 valence electrons. The van der Waals surface area contributed by atoms with Crippen molar-refractivity contribution in [2.45, 2.75) is 69.9 Å². The number of aliphatic hydroxyl groups is 4. The van der Waals surface area contributed by atoms with E-state index in [1.165, 1.54) is 0 Å². The summed E-state index contributed by atoms with van der Waals surface area (Å²) in [5, 5.41) is 44.8. The Morgan fingerprint density at radius 2 is 1.30 bits per heavy atom. The number of hydrogen-bond donors (Lipinski definition) is 5. The lowest BCUT2D eigenvalue weighted by atomic mass is 9.63. The normalized spacial score (nSPS) is 37.2. The van der Waals surface area contributed by atoms with E-state index in [1.807, 2.05) is 5.32 Å². The predicted molar refractivity (Wildman–Crippen MR) is 86.1 cm³/mol. The van der Waals surface area contributed by atoms with Gasteiger partial charge in [-0.25, -0.2) is 0 Å². The van der Waals surface area contributed by atoms with Gasteiger partial charge in [-0.2, -0.15) is 0 Å². The van der Waals surface area contributed by atoms with Crippen molar-refractivity contribution in [3.8, 4) is 0 Å². The van der Waals surface area contributed by atoms with Crippen molar-refractivity contribution < 1.29 is 49.1 Å². The van der Waals surface area contributed by atoms with Gasteiger partial charge in [-0.1, -0.05) is 0 Å². The Balaban J connectivity index is 3.95. The van der Waals surface area contributed by atoms with Gasteiger partial charge in [0.25, 0.3) is 5.79 Å². The highest BCUT2D eigenvalue weighted by molar-refractivity contribution is 6.02. The Bertz CT molecular complexity index is 705. The van der Waals surface area contributed by atoms with Crippen LogP contribution >= 0.6 is 0 Å². The van der Waals surface area contributed by atoms with Gasteiger partial charge < -0.3 is 30.5 Å². The van der Waals surface area contributed by atoms with Crippen LogP contribution in [0.2, 0.25) is 0 Å². The molecule has 6 atom stereocenters. The van der Waals surface area contributed by atoms with Crippen LogP contribution in [0, 0.1) is 0 Å². The summed E-state index contributed by atoms with van der Waals surface area (Å²) in [6.07, 6.45) is -4.69. The molecule has 27 heavy (non-hydrogen) atoms. The van der Waals surface area contributed by atoms with Crippen LogP contribution in [0.15, 0.2) is 0 Å². The predicted octanol–water partition coefficient (Wildman–Crippen LogP) is -3.24. The molecular formula is C16H23NO10. The molecule has 0 spiro atoms. The van der Waals surface area contributed by atoms with E-state index in [9.17, 15) is 44.4 Å². The molecule has 1 heterocycles. The van der Waals surface area contributed by atoms with Gasteiger partial charge in [0.05, 0.1) is 0 Å². The number of amides is 1. The fourth-order valence-corrected chi connectivity index (χ4v) is 3.21. The maximum absolute atomic E-state index is 12.3. The number of carbonyl (C=O) groups excluding carboxylic acids is 5. The van der Waals surface area contributed by atoms with Crippen LogP contribution in [-0.2, 0) is 28.7 Å². The molecular weight excluding hydrogens is 366 g/mol. The number of aliphatic hydroxyl groups excluding tert-OH is 1. The summed E-state index contributed by atoms with van der Waals surface area (Å²) in [6, 6.07) is -2.32. The summed E-state index contributed by atoms with van der Waals surface area (Å²) in [6.45, 7) is 4.02. The number of ether oxygens (including phenoxy) is 1. The second kappa shape index (κ2) is 7.17. The van der Waals surface area contributed by atoms with Gasteiger partial charge in [-0.05, 0) is 20.8 Å². The Hall–Kier alpha value is -2.05. The number of ketones is 4. The number of rotatable bonds is 6. The van der Waals surface area contributed by atoms with Gasteiger partial charge in [0.15, 0.2) is 34.3 Å². The molecule has 0 radical (unpaired) electrons. The van der Waals surface area contributed by atoms with Gasteiger partial charge >= 0.3 is 0 Å². The average molecular weight is 389 g/mol. The van der Waals surface area contributed by atoms with Crippen LogP contribution in [0.1, 0.15) is 34.6 Å². The molecule has 0 aliphatic carbocycles. The third kappa shape index (κ3) is 3.21. The van der Waals surface area contributed by atoms with E-state index in [4.69, 9.17) is 4.74 Å². The minimum Gasteiger partial charge on any atom is -0.382 e. The third-order valence-electron chi connectivity index (χ3n) is 4.74. The van der Waals surface area contributed by atoms with Gasteiger partial charge in [0.1, 0.15) is 18.2 Å². The molecule has 11 nitrogen and oxygen atoms in total. The number of carbonyl (C=O) groups is 5. The molecule has 0 aromatic carbocycles. The lowest BCUT2D eigenvalue weighted by Crippen LogP contribution is -2.87. The number of hydrogen-bond acceptors (Lipinski definition) is 10. The van der Waals surface area contributed by atoms with Crippen molar-refractivity contribution in [2.75, 3.05) is 0 Å². The Morgan fingerprint density at radius 1 is 0.852 bits per heavy atom. The number of nitrogens with one attached hydrogen (secondary N) is 1. The van der Waals surface area contributed by atoms with Gasteiger partial charge in [-0.3, -0.25) is 24.0 Å². The standard InChI is InChI=1S/C16H23NO10/c1-6(18)11(23)12-14(24,7(2)19)15(25,8(3)20)13(17-10(5)22)16(26,27-12)9(4)21/h11-13,23-26H,1-5H3,(H,17,22)/t11?,12-,13-,14-,15-,16+/m1/s1. The number of Topliss-reactive ketones (excluding diaryl/α,β-unsaturated/α-hetero) is 4. The Morgan fingerprint density at radius 3 is 1.59 bits per heavy atom. The Labute approximate surface area is 154 Å². The van der Waals surface area contributed by atoms with E-state index in [0.29, 0.717) is 0 Å². The van der Waals surface area contributed by atoms with Crippen LogP contribution in [0.25, 0.3) is 0 Å². The lowest BCUT2D eigenvalue weighted by Gasteiger charge is -2.57. The summed E-state index contributed by atoms with van der Waals surface area (Å²) >= 11 is 0. The van der Waals surface area contributed by atoms with Crippen LogP contribution in [0.5, 0.6) is 0 Å². The van der Waals surface area contributed by atoms with Crippen LogP contribution < -0.4 is 5.32 Å². The largest absolute Gasteiger partial charge is 0.382 e. The molecule has 11 heteroatoms. The van der Waals surface area contributed by atoms with E-state index in [1.54, 1.807) is 0 Å². The van der Waals surface area contributed by atoms with E-state index >= 15 is 0 Å². The first-order valence-corrected chi connectivity index (χ1v) is 7.92. The third-order valence-corrected chi connectivity index (χ3v) is 4.74. The fourth-order valence-electron chi connectivity index (χ4n) is 3.21. The van der Waals surface area contributed by atoms with Gasteiger partial charge in [0, 0.05) is 13.8 Å². The monoisotopic (exact) mass is 389 g/mol. The quantitative estimate of drug-likeness (QED) is 0.309. The van der Waals surface area contributed by atoms with E-state index in [-0.39, 0.29) is 0 Å².